The molecule has 1 aliphatic carbocycles. The number of benzene rings is 2. The van der Waals surface area contributed by atoms with Crippen molar-refractivity contribution < 1.29 is 18.3 Å². The maximum atomic E-state index is 13.2. The molecular weight excluding hydrogens is 424 g/mol. The molecule has 168 valence electrons. The van der Waals surface area contributed by atoms with E-state index in [-0.39, 0.29) is 16.7 Å². The first kappa shape index (κ1) is 22.4. The van der Waals surface area contributed by atoms with Gasteiger partial charge in [-0.2, -0.15) is 0 Å². The van der Waals surface area contributed by atoms with Crippen LogP contribution in [0.5, 0.6) is 0 Å². The molecule has 3 aromatic rings. The number of rotatable bonds is 8. The Hall–Kier alpha value is -2.77. The van der Waals surface area contributed by atoms with Gasteiger partial charge in [0.05, 0.1) is 11.9 Å². The zero-order valence-corrected chi connectivity index (χ0v) is 19.0. The molecule has 1 fully saturated rings. The van der Waals surface area contributed by atoms with Crippen LogP contribution in [0, 0.1) is 12.3 Å². The molecule has 1 heterocycles. The molecule has 6 nitrogen and oxygen atoms in total. The molecule has 2 N–H and O–H groups in total. The molecular formula is C25H28N2O4S. The number of pyridine rings is 1. The lowest BCUT2D eigenvalue weighted by Gasteiger charge is -2.29. The number of aryl methyl sites for hydroxylation is 1. The number of carboxylic acids is 1. The van der Waals surface area contributed by atoms with Gasteiger partial charge in [-0.3, -0.25) is 9.78 Å². The number of nitrogens with one attached hydrogen (secondary N) is 1. The van der Waals surface area contributed by atoms with Crippen molar-refractivity contribution in [2.75, 3.05) is 6.54 Å². The van der Waals surface area contributed by atoms with Crippen molar-refractivity contribution in [1.82, 2.24) is 9.71 Å². The third-order valence-electron chi connectivity index (χ3n) is 6.36. The second-order valence-corrected chi connectivity index (χ2v) is 10.7. The molecule has 1 aliphatic rings. The van der Waals surface area contributed by atoms with Gasteiger partial charge in [-0.25, -0.2) is 13.1 Å². The van der Waals surface area contributed by atoms with E-state index < -0.39 is 16.0 Å². The Labute approximate surface area is 188 Å². The normalized spacial score (nSPS) is 15.8. The zero-order valence-electron chi connectivity index (χ0n) is 18.2. The fourth-order valence-corrected chi connectivity index (χ4v) is 6.04. The highest BCUT2D eigenvalue weighted by Gasteiger charge is 2.35. The Kier molecular flexibility index (Phi) is 6.31. The largest absolute Gasteiger partial charge is 0.481 e. The third kappa shape index (κ3) is 5.00. The molecule has 7 heteroatoms. The van der Waals surface area contributed by atoms with E-state index in [1.54, 1.807) is 18.3 Å². The maximum Gasteiger partial charge on any atom is 0.307 e. The van der Waals surface area contributed by atoms with Crippen LogP contribution in [0.1, 0.15) is 42.4 Å². The highest BCUT2D eigenvalue weighted by molar-refractivity contribution is 7.89. The van der Waals surface area contributed by atoms with Gasteiger partial charge < -0.3 is 5.11 Å². The van der Waals surface area contributed by atoms with Gasteiger partial charge >= 0.3 is 5.97 Å². The van der Waals surface area contributed by atoms with Crippen molar-refractivity contribution >= 4 is 26.9 Å². The summed E-state index contributed by atoms with van der Waals surface area (Å²) in [4.78, 5) is 15.5. The average molecular weight is 453 g/mol. The monoisotopic (exact) mass is 452 g/mol. The van der Waals surface area contributed by atoms with Gasteiger partial charge in [0, 0.05) is 18.1 Å². The third-order valence-corrected chi connectivity index (χ3v) is 7.79. The van der Waals surface area contributed by atoms with Crippen molar-refractivity contribution in [3.05, 3.63) is 71.4 Å². The second kappa shape index (κ2) is 9.00. The molecule has 4 rings (SSSR count). The van der Waals surface area contributed by atoms with Crippen molar-refractivity contribution in [3.63, 3.8) is 0 Å². The fourth-order valence-electron chi connectivity index (χ4n) is 4.71. The number of aromatic nitrogens is 1. The molecule has 0 radical (unpaired) electrons. The SMILES string of the molecule is Cc1cnc2c(S(=O)(=O)NCC3(Cc4ccc(CC(=O)O)cc4)CCCC3)cccc2c1. The molecule has 0 bridgehead atoms. The Balaban J connectivity index is 1.53. The molecule has 0 atom stereocenters. The standard InChI is InChI=1S/C25H28N2O4S/c1-18-13-21-5-4-6-22(24(21)26-16-18)32(30,31)27-17-25(11-2-3-12-25)15-20-9-7-19(8-10-20)14-23(28)29/h4-10,13,16,27H,2-3,11-12,14-15,17H2,1H3,(H,28,29). The van der Waals surface area contributed by atoms with E-state index in [4.69, 9.17) is 5.11 Å². The second-order valence-electron chi connectivity index (χ2n) is 8.94. The van der Waals surface area contributed by atoms with Crippen molar-refractivity contribution in [3.8, 4) is 0 Å². The number of carboxylic acid groups (broad SMARTS) is 1. The molecule has 0 unspecified atom stereocenters. The van der Waals surface area contributed by atoms with Gasteiger partial charge in [-0.15, -0.1) is 0 Å². The maximum absolute atomic E-state index is 13.2. The molecule has 0 amide bonds. The minimum atomic E-state index is -3.72. The van der Waals surface area contributed by atoms with Gasteiger partial charge in [0.15, 0.2) is 0 Å². The minimum absolute atomic E-state index is 0.00378. The summed E-state index contributed by atoms with van der Waals surface area (Å²) in [7, 11) is -3.72. The molecule has 1 saturated carbocycles. The molecule has 2 aromatic carbocycles. The Morgan fingerprint density at radius 3 is 2.47 bits per heavy atom. The first-order valence-electron chi connectivity index (χ1n) is 10.9. The molecule has 0 aliphatic heterocycles. The summed E-state index contributed by atoms with van der Waals surface area (Å²) in [5.74, 6) is -0.850. The predicted octanol–water partition coefficient (Wildman–Crippen LogP) is 4.25. The van der Waals surface area contributed by atoms with Crippen LogP contribution < -0.4 is 4.72 Å². The van der Waals surface area contributed by atoms with Crippen LogP contribution in [0.2, 0.25) is 0 Å². The molecule has 0 spiro atoms. The first-order chi connectivity index (χ1) is 15.3. The van der Waals surface area contributed by atoms with Crippen LogP contribution in [0.15, 0.2) is 59.6 Å². The van der Waals surface area contributed by atoms with E-state index in [9.17, 15) is 13.2 Å². The summed E-state index contributed by atoms with van der Waals surface area (Å²) in [6, 6.07) is 14.8. The molecule has 0 saturated heterocycles. The van der Waals surface area contributed by atoms with E-state index in [1.807, 2.05) is 43.3 Å². The van der Waals surface area contributed by atoms with Crippen molar-refractivity contribution in [2.45, 2.75) is 50.3 Å². The van der Waals surface area contributed by atoms with E-state index in [2.05, 4.69) is 9.71 Å². The lowest BCUT2D eigenvalue weighted by Crippen LogP contribution is -2.37. The zero-order chi connectivity index (χ0) is 22.8. The summed E-state index contributed by atoms with van der Waals surface area (Å²) in [6.45, 7) is 2.30. The number of hydrogen-bond donors (Lipinski definition) is 2. The average Bonchev–Trinajstić information content (AvgIpc) is 3.21. The van der Waals surface area contributed by atoms with E-state index >= 15 is 0 Å². The fraction of sp³-hybridized carbons (Fsp3) is 0.360. The number of sulfonamides is 1. The number of aliphatic carboxylic acids is 1. The van der Waals surface area contributed by atoms with Crippen molar-refractivity contribution in [2.24, 2.45) is 5.41 Å². The topological polar surface area (TPSA) is 96.4 Å². The summed E-state index contributed by atoms with van der Waals surface area (Å²) >= 11 is 0. The number of nitrogens with zero attached hydrogens (tertiary/aromatic N) is 1. The summed E-state index contributed by atoms with van der Waals surface area (Å²) in [5, 5.41) is 9.77. The van der Waals surface area contributed by atoms with Crippen LogP contribution in [-0.2, 0) is 27.7 Å². The predicted molar refractivity (Wildman–Crippen MR) is 124 cm³/mol. The van der Waals surface area contributed by atoms with Gasteiger partial charge in [-0.1, -0.05) is 49.2 Å². The van der Waals surface area contributed by atoms with Crippen molar-refractivity contribution in [1.29, 1.82) is 0 Å². The van der Waals surface area contributed by atoms with Crippen LogP contribution in [-0.4, -0.2) is 31.0 Å². The summed E-state index contributed by atoms with van der Waals surface area (Å²) in [6.07, 6.45) is 6.52. The number of fused-ring (bicyclic) bond motifs is 1. The van der Waals surface area contributed by atoms with E-state index in [0.717, 1.165) is 54.2 Å². The lowest BCUT2D eigenvalue weighted by molar-refractivity contribution is -0.136. The van der Waals surface area contributed by atoms with E-state index in [1.165, 1.54) is 0 Å². The number of hydrogen-bond acceptors (Lipinski definition) is 4. The van der Waals surface area contributed by atoms with Crippen LogP contribution in [0.3, 0.4) is 0 Å². The Bertz CT molecular complexity index is 1230. The van der Waals surface area contributed by atoms with Crippen LogP contribution in [0.4, 0.5) is 0 Å². The van der Waals surface area contributed by atoms with Gasteiger partial charge in [-0.05, 0) is 60.4 Å². The molecule has 32 heavy (non-hydrogen) atoms. The number of carbonyl (C=O) groups is 1. The van der Waals surface area contributed by atoms with Crippen LogP contribution >= 0.6 is 0 Å². The lowest BCUT2D eigenvalue weighted by atomic mass is 9.80. The quantitative estimate of drug-likeness (QED) is 0.533. The highest BCUT2D eigenvalue weighted by Crippen LogP contribution is 2.41. The van der Waals surface area contributed by atoms with Crippen LogP contribution in [0.25, 0.3) is 10.9 Å². The first-order valence-corrected chi connectivity index (χ1v) is 12.4. The minimum Gasteiger partial charge on any atom is -0.481 e. The van der Waals surface area contributed by atoms with Gasteiger partial charge in [0.1, 0.15) is 4.90 Å². The van der Waals surface area contributed by atoms with E-state index in [0.29, 0.717) is 12.1 Å². The highest BCUT2D eigenvalue weighted by atomic mass is 32.2. The summed E-state index contributed by atoms with van der Waals surface area (Å²) < 4.78 is 29.3. The Morgan fingerprint density at radius 1 is 1.09 bits per heavy atom. The Morgan fingerprint density at radius 2 is 1.78 bits per heavy atom. The van der Waals surface area contributed by atoms with Gasteiger partial charge in [0.25, 0.3) is 0 Å². The number of para-hydroxylation sites is 1. The van der Waals surface area contributed by atoms with Gasteiger partial charge in [0.2, 0.25) is 10.0 Å². The smallest absolute Gasteiger partial charge is 0.307 e. The molecule has 1 aromatic heterocycles. The summed E-state index contributed by atoms with van der Waals surface area (Å²) in [5.41, 5.74) is 3.19.